The molecule has 4 amide bonds. The summed E-state index contributed by atoms with van der Waals surface area (Å²) in [7, 11) is 0. The molecular weight excluding hydrogens is 485 g/mol. The number of hydrogen-bond acceptors (Lipinski definition) is 7. The number of aliphatic hydroxyl groups is 2. The number of nitrogens with one attached hydrogen (secondary N) is 1. The second-order valence-electron chi connectivity index (χ2n) is 9.98. The zero-order valence-corrected chi connectivity index (χ0v) is 21.1. The lowest BCUT2D eigenvalue weighted by Crippen LogP contribution is -2.65. The van der Waals surface area contributed by atoms with E-state index in [0.29, 0.717) is 24.8 Å². The van der Waals surface area contributed by atoms with Crippen molar-refractivity contribution in [2.45, 2.75) is 81.8 Å². The van der Waals surface area contributed by atoms with Gasteiger partial charge in [-0.15, -0.1) is 0 Å². The average Bonchev–Trinajstić information content (AvgIpc) is 3.50. The lowest BCUT2D eigenvalue weighted by molar-refractivity contribution is -0.152. The van der Waals surface area contributed by atoms with Crippen LogP contribution < -0.4 is 16.8 Å². The van der Waals surface area contributed by atoms with E-state index >= 15 is 0 Å². The first kappa shape index (κ1) is 28.5. The molecule has 2 aliphatic heterocycles. The Labute approximate surface area is 215 Å². The summed E-state index contributed by atoms with van der Waals surface area (Å²) >= 11 is 0. The Morgan fingerprint density at radius 2 is 1.76 bits per heavy atom. The maximum atomic E-state index is 13.9. The molecule has 3 rings (SSSR count). The zero-order valence-electron chi connectivity index (χ0n) is 21.1. The minimum Gasteiger partial charge on any atom is -0.391 e. The SMILES string of the molecule is C[C@@H](O)[C@H](N)C(=O)N1CCCC1C(=O)N1CCC[C@@]1(Cc1ccc(F)cc1)C(=O)N[C@H](C(N)=O)[C@@H](C)O. The number of nitrogens with two attached hydrogens (primary N) is 2. The molecule has 2 fully saturated rings. The number of likely N-dealkylation sites (tertiary alicyclic amines) is 2. The zero-order chi connectivity index (χ0) is 27.5. The molecule has 11 nitrogen and oxygen atoms in total. The van der Waals surface area contributed by atoms with Gasteiger partial charge in [0.25, 0.3) is 0 Å². The molecule has 2 heterocycles. The Kier molecular flexibility index (Phi) is 8.88. The van der Waals surface area contributed by atoms with Gasteiger partial charge in [0.05, 0.1) is 12.2 Å². The summed E-state index contributed by atoms with van der Waals surface area (Å²) in [5, 5.41) is 22.3. The van der Waals surface area contributed by atoms with Gasteiger partial charge in [-0.2, -0.15) is 0 Å². The third kappa shape index (κ3) is 5.91. The van der Waals surface area contributed by atoms with E-state index in [2.05, 4.69) is 5.32 Å². The minimum atomic E-state index is -1.47. The van der Waals surface area contributed by atoms with Gasteiger partial charge in [-0.25, -0.2) is 4.39 Å². The van der Waals surface area contributed by atoms with E-state index < -0.39 is 65.3 Å². The number of carbonyl (C=O) groups is 4. The smallest absolute Gasteiger partial charge is 0.247 e. The Morgan fingerprint density at radius 3 is 2.32 bits per heavy atom. The first-order valence-corrected chi connectivity index (χ1v) is 12.5. The molecule has 1 aromatic carbocycles. The minimum absolute atomic E-state index is 0.0179. The van der Waals surface area contributed by atoms with Crippen LogP contribution in [0.5, 0.6) is 0 Å². The highest BCUT2D eigenvalue weighted by atomic mass is 19.1. The number of benzene rings is 1. The molecule has 7 N–H and O–H groups in total. The summed E-state index contributed by atoms with van der Waals surface area (Å²) in [5.74, 6) is -3.08. The van der Waals surface area contributed by atoms with Gasteiger partial charge in [0.1, 0.15) is 29.5 Å². The molecule has 0 aromatic heterocycles. The fourth-order valence-electron chi connectivity index (χ4n) is 5.21. The van der Waals surface area contributed by atoms with Crippen LogP contribution in [0, 0.1) is 5.82 Å². The highest BCUT2D eigenvalue weighted by molar-refractivity contribution is 5.98. The van der Waals surface area contributed by atoms with Crippen LogP contribution in [0.1, 0.15) is 45.1 Å². The number of halogens is 1. The van der Waals surface area contributed by atoms with E-state index in [1.165, 1.54) is 47.9 Å². The molecule has 1 aromatic rings. The van der Waals surface area contributed by atoms with E-state index in [4.69, 9.17) is 11.5 Å². The summed E-state index contributed by atoms with van der Waals surface area (Å²) < 4.78 is 13.6. The predicted molar refractivity (Wildman–Crippen MR) is 131 cm³/mol. The first-order chi connectivity index (χ1) is 17.4. The molecule has 2 aliphatic rings. The van der Waals surface area contributed by atoms with E-state index in [-0.39, 0.29) is 25.9 Å². The summed E-state index contributed by atoms with van der Waals surface area (Å²) in [5.41, 5.74) is 10.3. The largest absolute Gasteiger partial charge is 0.391 e. The first-order valence-electron chi connectivity index (χ1n) is 12.5. The van der Waals surface area contributed by atoms with E-state index in [0.717, 1.165) is 0 Å². The molecule has 1 unspecified atom stereocenters. The van der Waals surface area contributed by atoms with Gasteiger partial charge in [-0.1, -0.05) is 12.1 Å². The highest BCUT2D eigenvalue weighted by Crippen LogP contribution is 2.36. The van der Waals surface area contributed by atoms with Crippen molar-refractivity contribution in [1.82, 2.24) is 15.1 Å². The van der Waals surface area contributed by atoms with Crippen LogP contribution in [0.3, 0.4) is 0 Å². The number of rotatable bonds is 9. The normalized spacial score (nSPS) is 24.9. The molecule has 37 heavy (non-hydrogen) atoms. The van der Waals surface area contributed by atoms with E-state index in [1.807, 2.05) is 0 Å². The van der Waals surface area contributed by atoms with Gasteiger partial charge in [0, 0.05) is 19.5 Å². The van der Waals surface area contributed by atoms with Crippen molar-refractivity contribution in [1.29, 1.82) is 0 Å². The van der Waals surface area contributed by atoms with Crippen LogP contribution in [0.4, 0.5) is 4.39 Å². The molecule has 6 atom stereocenters. The summed E-state index contributed by atoms with van der Waals surface area (Å²) in [6.07, 6.45) is -0.759. The molecule has 0 aliphatic carbocycles. The molecule has 0 saturated carbocycles. The van der Waals surface area contributed by atoms with Crippen LogP contribution in [0.2, 0.25) is 0 Å². The summed E-state index contributed by atoms with van der Waals surface area (Å²) in [6, 6.07) is 2.07. The Bertz CT molecular complexity index is 1020. The molecule has 0 bridgehead atoms. The quantitative estimate of drug-likeness (QED) is 0.270. The van der Waals surface area contributed by atoms with Crippen molar-refractivity contribution in [3.63, 3.8) is 0 Å². The number of carbonyl (C=O) groups excluding carboxylic acids is 4. The van der Waals surface area contributed by atoms with E-state index in [1.54, 1.807) is 0 Å². The Balaban J connectivity index is 1.97. The van der Waals surface area contributed by atoms with Crippen molar-refractivity contribution in [3.05, 3.63) is 35.6 Å². The average molecular weight is 522 g/mol. The number of nitrogens with zero attached hydrogens (tertiary/aromatic N) is 2. The number of hydrogen-bond donors (Lipinski definition) is 5. The maximum Gasteiger partial charge on any atom is 0.247 e. The van der Waals surface area contributed by atoms with Gasteiger partial charge in [0.2, 0.25) is 23.6 Å². The van der Waals surface area contributed by atoms with Crippen LogP contribution >= 0.6 is 0 Å². The molecular formula is C25H36FN5O6. The fourth-order valence-corrected chi connectivity index (χ4v) is 5.21. The third-order valence-corrected chi connectivity index (χ3v) is 7.29. The fraction of sp³-hybridized carbons (Fsp3) is 0.600. The van der Waals surface area contributed by atoms with Crippen LogP contribution in [0.15, 0.2) is 24.3 Å². The summed E-state index contributed by atoms with van der Waals surface area (Å²) in [4.78, 5) is 55.3. The molecule has 2 saturated heterocycles. The van der Waals surface area contributed by atoms with Crippen molar-refractivity contribution in [3.8, 4) is 0 Å². The van der Waals surface area contributed by atoms with Crippen molar-refractivity contribution in [2.24, 2.45) is 11.5 Å². The molecule has 0 spiro atoms. The van der Waals surface area contributed by atoms with Gasteiger partial charge in [-0.05, 0) is 57.2 Å². The van der Waals surface area contributed by atoms with Crippen molar-refractivity contribution < 1.29 is 33.8 Å². The second kappa shape index (κ2) is 11.5. The van der Waals surface area contributed by atoms with Crippen LogP contribution in [-0.4, -0.2) is 92.6 Å². The Morgan fingerprint density at radius 1 is 1.11 bits per heavy atom. The van der Waals surface area contributed by atoms with Crippen LogP contribution in [-0.2, 0) is 25.6 Å². The van der Waals surface area contributed by atoms with Crippen molar-refractivity contribution >= 4 is 23.6 Å². The maximum absolute atomic E-state index is 13.9. The van der Waals surface area contributed by atoms with Gasteiger partial charge >= 0.3 is 0 Å². The Hall–Kier alpha value is -3.09. The lowest BCUT2D eigenvalue weighted by Gasteiger charge is -2.41. The standard InChI is InChI=1S/C25H36FN5O6/c1-14(32)19(27)23(36)30-11-3-5-18(30)22(35)31-12-4-10-25(31,13-16-6-8-17(26)9-7-16)24(37)29-20(15(2)33)21(28)34/h6-9,14-15,18-20,32-33H,3-5,10-13,27H2,1-2H3,(H2,28,34)(H,29,37)/t14-,15-,18?,19+,20+,25-/m1/s1. The van der Waals surface area contributed by atoms with Crippen LogP contribution in [0.25, 0.3) is 0 Å². The topological polar surface area (TPSA) is 179 Å². The van der Waals surface area contributed by atoms with Gasteiger partial charge in [-0.3, -0.25) is 19.2 Å². The monoisotopic (exact) mass is 521 g/mol. The molecule has 0 radical (unpaired) electrons. The molecule has 204 valence electrons. The van der Waals surface area contributed by atoms with Gasteiger partial charge < -0.3 is 36.8 Å². The lowest BCUT2D eigenvalue weighted by atomic mass is 9.86. The predicted octanol–water partition coefficient (Wildman–Crippen LogP) is -1.22. The second-order valence-corrected chi connectivity index (χ2v) is 9.98. The number of amides is 4. The summed E-state index contributed by atoms with van der Waals surface area (Å²) in [6.45, 7) is 3.20. The third-order valence-electron chi connectivity index (χ3n) is 7.29. The van der Waals surface area contributed by atoms with Gasteiger partial charge in [0.15, 0.2) is 0 Å². The van der Waals surface area contributed by atoms with Crippen molar-refractivity contribution in [2.75, 3.05) is 13.1 Å². The van der Waals surface area contributed by atoms with E-state index in [9.17, 15) is 33.8 Å². The molecule has 12 heteroatoms. The number of aliphatic hydroxyl groups excluding tert-OH is 2. The highest BCUT2D eigenvalue weighted by Gasteiger charge is 2.53. The number of primary amides is 1.